The first-order valence-corrected chi connectivity index (χ1v) is 10.2. The van der Waals surface area contributed by atoms with E-state index in [1.807, 2.05) is 25.1 Å². The normalized spacial score (nSPS) is 19.0. The van der Waals surface area contributed by atoms with Crippen molar-refractivity contribution in [2.45, 2.75) is 39.2 Å². The van der Waals surface area contributed by atoms with Crippen molar-refractivity contribution in [2.24, 2.45) is 11.8 Å². The maximum atomic E-state index is 12.6. The summed E-state index contributed by atoms with van der Waals surface area (Å²) in [5.41, 5.74) is 3.00. The first kappa shape index (κ1) is 18.8. The maximum absolute atomic E-state index is 12.6. The van der Waals surface area contributed by atoms with Crippen molar-refractivity contribution in [3.8, 4) is 17.6 Å². The Kier molecular flexibility index (Phi) is 5.83. The third-order valence-electron chi connectivity index (χ3n) is 5.34. The van der Waals surface area contributed by atoms with Gasteiger partial charge in [0.25, 0.3) is 5.56 Å². The van der Waals surface area contributed by atoms with Crippen LogP contribution in [0.15, 0.2) is 41.2 Å². The fourth-order valence-electron chi connectivity index (χ4n) is 3.43. The van der Waals surface area contributed by atoms with Crippen molar-refractivity contribution in [1.82, 2.24) is 4.57 Å². The molecule has 2 aliphatic rings. The second-order valence-electron chi connectivity index (χ2n) is 7.89. The lowest BCUT2D eigenvalue weighted by Crippen LogP contribution is -2.25. The molecule has 0 unspecified atom stereocenters. The molecule has 0 amide bonds. The van der Waals surface area contributed by atoms with E-state index in [1.165, 1.54) is 12.8 Å². The number of hydrogen-bond donors (Lipinski definition) is 0. The van der Waals surface area contributed by atoms with E-state index in [0.717, 1.165) is 42.9 Å². The average Bonchev–Trinajstić information content (AvgIpc) is 3.54. The van der Waals surface area contributed by atoms with Crippen LogP contribution in [0.1, 0.15) is 42.5 Å². The Morgan fingerprint density at radius 1 is 1.18 bits per heavy atom. The van der Waals surface area contributed by atoms with Crippen LogP contribution < -0.4 is 10.3 Å². The predicted octanol–water partition coefficient (Wildman–Crippen LogP) is 3.77. The van der Waals surface area contributed by atoms with Gasteiger partial charge in [0.05, 0.1) is 19.8 Å². The molecular weight excluding hydrogens is 350 g/mol. The van der Waals surface area contributed by atoms with Gasteiger partial charge in [-0.05, 0) is 56.4 Å². The average molecular weight is 377 g/mol. The molecule has 1 saturated heterocycles. The summed E-state index contributed by atoms with van der Waals surface area (Å²) >= 11 is 0. The zero-order valence-corrected chi connectivity index (χ0v) is 16.4. The molecule has 2 fully saturated rings. The van der Waals surface area contributed by atoms with Crippen LogP contribution in [0.2, 0.25) is 0 Å². The summed E-state index contributed by atoms with van der Waals surface area (Å²) in [4.78, 5) is 12.6. The third kappa shape index (κ3) is 5.05. The summed E-state index contributed by atoms with van der Waals surface area (Å²) in [6.45, 7) is 4.70. The SMILES string of the molecule is Cc1cc(OC[C@H]2CCCOC2)cc(=O)n1Cc1ccc(C#CC2CC2)cc1. The number of aryl methyl sites for hydroxylation is 1. The Hall–Kier alpha value is -2.51. The van der Waals surface area contributed by atoms with Crippen LogP contribution in [0.3, 0.4) is 0 Å². The van der Waals surface area contributed by atoms with Gasteiger partial charge in [-0.3, -0.25) is 4.79 Å². The van der Waals surface area contributed by atoms with Gasteiger partial charge in [-0.15, -0.1) is 0 Å². The summed E-state index contributed by atoms with van der Waals surface area (Å²) in [5.74, 6) is 8.17. The summed E-state index contributed by atoms with van der Waals surface area (Å²) in [5, 5.41) is 0. The third-order valence-corrected chi connectivity index (χ3v) is 5.34. The molecular formula is C24H27NO3. The lowest BCUT2D eigenvalue weighted by Gasteiger charge is -2.22. The molecule has 28 heavy (non-hydrogen) atoms. The van der Waals surface area contributed by atoms with Crippen LogP contribution in [-0.4, -0.2) is 24.4 Å². The van der Waals surface area contributed by atoms with Crippen molar-refractivity contribution in [2.75, 3.05) is 19.8 Å². The fourth-order valence-corrected chi connectivity index (χ4v) is 3.43. The number of pyridine rings is 1. The Labute approximate surface area is 166 Å². The van der Waals surface area contributed by atoms with Crippen LogP contribution in [0.5, 0.6) is 5.75 Å². The van der Waals surface area contributed by atoms with Crippen LogP contribution >= 0.6 is 0 Å². The van der Waals surface area contributed by atoms with E-state index < -0.39 is 0 Å². The Balaban J connectivity index is 1.40. The van der Waals surface area contributed by atoms with E-state index in [4.69, 9.17) is 9.47 Å². The maximum Gasteiger partial charge on any atom is 0.254 e. The number of rotatable bonds is 5. The minimum Gasteiger partial charge on any atom is -0.493 e. The molecule has 1 aliphatic carbocycles. The van der Waals surface area contributed by atoms with Crippen LogP contribution in [0, 0.1) is 30.6 Å². The second-order valence-corrected chi connectivity index (χ2v) is 7.89. The van der Waals surface area contributed by atoms with Crippen molar-refractivity contribution in [3.05, 3.63) is 63.6 Å². The highest BCUT2D eigenvalue weighted by molar-refractivity contribution is 5.37. The minimum absolute atomic E-state index is 0.0347. The van der Waals surface area contributed by atoms with E-state index in [9.17, 15) is 4.79 Å². The molecule has 0 radical (unpaired) electrons. The predicted molar refractivity (Wildman–Crippen MR) is 110 cm³/mol. The molecule has 2 heterocycles. The van der Waals surface area contributed by atoms with Gasteiger partial charge in [-0.2, -0.15) is 0 Å². The summed E-state index contributed by atoms with van der Waals surface area (Å²) in [7, 11) is 0. The van der Waals surface area contributed by atoms with Gasteiger partial charge in [0.15, 0.2) is 0 Å². The Bertz CT molecular complexity index is 923. The van der Waals surface area contributed by atoms with Crippen molar-refractivity contribution in [3.63, 3.8) is 0 Å². The smallest absolute Gasteiger partial charge is 0.254 e. The Morgan fingerprint density at radius 2 is 2.00 bits per heavy atom. The number of hydrogen-bond acceptors (Lipinski definition) is 3. The summed E-state index contributed by atoms with van der Waals surface area (Å²) in [6.07, 6.45) is 4.68. The molecule has 4 rings (SSSR count). The topological polar surface area (TPSA) is 40.5 Å². The van der Waals surface area contributed by atoms with Crippen LogP contribution in [0.25, 0.3) is 0 Å². The van der Waals surface area contributed by atoms with Crippen LogP contribution in [-0.2, 0) is 11.3 Å². The molecule has 146 valence electrons. The van der Waals surface area contributed by atoms with Gasteiger partial charge in [-0.25, -0.2) is 0 Å². The first-order chi connectivity index (χ1) is 13.7. The van der Waals surface area contributed by atoms with Crippen LogP contribution in [0.4, 0.5) is 0 Å². The highest BCUT2D eigenvalue weighted by Crippen LogP contribution is 2.27. The lowest BCUT2D eigenvalue weighted by atomic mass is 10.0. The van der Waals surface area contributed by atoms with E-state index in [1.54, 1.807) is 10.6 Å². The molecule has 0 N–H and O–H groups in total. The molecule has 1 aromatic carbocycles. The molecule has 4 nitrogen and oxygen atoms in total. The van der Waals surface area contributed by atoms with E-state index in [0.29, 0.717) is 30.7 Å². The first-order valence-electron chi connectivity index (χ1n) is 10.2. The number of ether oxygens (including phenoxy) is 2. The van der Waals surface area contributed by atoms with Gasteiger partial charge < -0.3 is 14.0 Å². The summed E-state index contributed by atoms with van der Waals surface area (Å²) in [6, 6.07) is 11.7. The van der Waals surface area contributed by atoms with E-state index in [-0.39, 0.29) is 5.56 Å². The van der Waals surface area contributed by atoms with Crippen molar-refractivity contribution >= 4 is 0 Å². The van der Waals surface area contributed by atoms with Gasteiger partial charge >= 0.3 is 0 Å². The second kappa shape index (κ2) is 8.67. The van der Waals surface area contributed by atoms with Gasteiger partial charge in [0.1, 0.15) is 5.75 Å². The molecule has 0 spiro atoms. The largest absolute Gasteiger partial charge is 0.493 e. The number of aromatic nitrogens is 1. The molecule has 1 aliphatic heterocycles. The van der Waals surface area contributed by atoms with E-state index in [2.05, 4.69) is 24.0 Å². The molecule has 2 aromatic rings. The van der Waals surface area contributed by atoms with Crippen molar-refractivity contribution in [1.29, 1.82) is 0 Å². The number of benzene rings is 1. The van der Waals surface area contributed by atoms with E-state index >= 15 is 0 Å². The summed E-state index contributed by atoms with van der Waals surface area (Å²) < 4.78 is 13.1. The molecule has 4 heteroatoms. The van der Waals surface area contributed by atoms with Crippen molar-refractivity contribution < 1.29 is 9.47 Å². The molecule has 1 aromatic heterocycles. The quantitative estimate of drug-likeness (QED) is 0.745. The zero-order chi connectivity index (χ0) is 19.3. The Morgan fingerprint density at radius 3 is 2.68 bits per heavy atom. The fraction of sp³-hybridized carbons (Fsp3) is 0.458. The van der Waals surface area contributed by atoms with Gasteiger partial charge in [0.2, 0.25) is 0 Å². The zero-order valence-electron chi connectivity index (χ0n) is 16.4. The number of nitrogens with zero attached hydrogens (tertiary/aromatic N) is 1. The minimum atomic E-state index is -0.0347. The van der Waals surface area contributed by atoms with Gasteiger partial charge in [-0.1, -0.05) is 24.0 Å². The molecule has 1 atom stereocenters. The standard InChI is InChI=1S/C24H27NO3/c1-18-13-23(28-17-22-3-2-12-27-16-22)14-24(26)25(18)15-21-10-8-20(9-11-21)7-6-19-4-5-19/h8-11,13-14,19,22H,2-5,12,15-17H2,1H3/t22-/m0/s1. The van der Waals surface area contributed by atoms with Gasteiger partial charge in [0, 0.05) is 35.8 Å². The highest BCUT2D eigenvalue weighted by Gasteiger charge is 2.17. The monoisotopic (exact) mass is 377 g/mol. The highest BCUT2D eigenvalue weighted by atomic mass is 16.5. The molecule has 1 saturated carbocycles. The molecule has 0 bridgehead atoms. The lowest BCUT2D eigenvalue weighted by molar-refractivity contribution is 0.0351.